The number of alkyl halides is 2. The highest BCUT2D eigenvalue weighted by atomic mass is 32.1. The number of nitrogens with one attached hydrogen (secondary N) is 1. The number of morpholine rings is 1. The van der Waals surface area contributed by atoms with Gasteiger partial charge in [0.05, 0.1) is 37.5 Å². The monoisotopic (exact) mass is 460 g/mol. The Morgan fingerprint density at radius 3 is 2.66 bits per heavy atom. The van der Waals surface area contributed by atoms with Crippen LogP contribution in [0.5, 0.6) is 5.75 Å². The summed E-state index contributed by atoms with van der Waals surface area (Å²) in [6.45, 7) is 2.19. The largest absolute Gasteiger partial charge is 0.494 e. The fourth-order valence-electron chi connectivity index (χ4n) is 3.42. The SMILES string of the molecule is COc1cccc2c1nc(C(F)F)n2-c1nc(Nc2cncs2)nc(N2CCOCC2)n1. The first-order chi connectivity index (χ1) is 15.6. The molecular weight excluding hydrogens is 442 g/mol. The van der Waals surface area contributed by atoms with Gasteiger partial charge in [-0.05, 0) is 12.1 Å². The van der Waals surface area contributed by atoms with Crippen LogP contribution in [0.15, 0.2) is 29.9 Å². The van der Waals surface area contributed by atoms with E-state index < -0.39 is 12.2 Å². The number of ether oxygens (including phenoxy) is 2. The summed E-state index contributed by atoms with van der Waals surface area (Å²) in [5, 5.41) is 3.78. The van der Waals surface area contributed by atoms with Gasteiger partial charge in [0.1, 0.15) is 16.3 Å². The molecule has 3 aromatic heterocycles. The molecule has 0 unspecified atom stereocenters. The number of halogens is 2. The summed E-state index contributed by atoms with van der Waals surface area (Å²) in [4.78, 5) is 23.5. The summed E-state index contributed by atoms with van der Waals surface area (Å²) < 4.78 is 40.0. The molecule has 1 N–H and O–H groups in total. The van der Waals surface area contributed by atoms with Crippen LogP contribution < -0.4 is 15.0 Å². The fourth-order valence-corrected chi connectivity index (χ4v) is 3.92. The number of anilines is 3. The number of methoxy groups -OCH3 is 1. The summed E-state index contributed by atoms with van der Waals surface area (Å²) in [7, 11) is 1.46. The van der Waals surface area contributed by atoms with Gasteiger partial charge in [-0.1, -0.05) is 6.07 Å². The Morgan fingerprint density at radius 2 is 1.94 bits per heavy atom. The predicted molar refractivity (Wildman–Crippen MR) is 114 cm³/mol. The molecule has 166 valence electrons. The average Bonchev–Trinajstić information content (AvgIpc) is 3.47. The third-order valence-corrected chi connectivity index (χ3v) is 5.55. The Bertz CT molecular complexity index is 1230. The molecule has 0 amide bonds. The number of benzene rings is 1. The minimum absolute atomic E-state index is 0.0274. The highest BCUT2D eigenvalue weighted by Gasteiger charge is 2.25. The summed E-state index contributed by atoms with van der Waals surface area (Å²) in [5.74, 6) is 0.501. The van der Waals surface area contributed by atoms with Gasteiger partial charge in [-0.15, -0.1) is 11.3 Å². The van der Waals surface area contributed by atoms with Gasteiger partial charge < -0.3 is 19.7 Å². The number of nitrogens with zero attached hydrogens (tertiary/aromatic N) is 7. The van der Waals surface area contributed by atoms with E-state index >= 15 is 0 Å². The van der Waals surface area contributed by atoms with Gasteiger partial charge in [-0.2, -0.15) is 15.0 Å². The summed E-state index contributed by atoms with van der Waals surface area (Å²) in [6.07, 6.45) is -1.22. The maximum atomic E-state index is 14.0. The van der Waals surface area contributed by atoms with E-state index in [0.29, 0.717) is 54.0 Å². The standard InChI is InChI=1S/C19H18F2N8O2S/c1-30-12-4-2-3-11-14(12)24-16(15(20)21)29(11)19-26-17(23-13-9-22-10-32-13)25-18(27-19)28-5-7-31-8-6-28/h2-4,9-10,15H,5-8H2,1H3,(H,23,25,26,27). The number of hydrogen-bond donors (Lipinski definition) is 1. The van der Waals surface area contributed by atoms with Gasteiger partial charge >= 0.3 is 0 Å². The van der Waals surface area contributed by atoms with Crippen molar-refractivity contribution in [2.45, 2.75) is 6.43 Å². The molecule has 0 aliphatic carbocycles. The molecule has 32 heavy (non-hydrogen) atoms. The Balaban J connectivity index is 1.69. The Hall–Kier alpha value is -3.45. The summed E-state index contributed by atoms with van der Waals surface area (Å²) in [5.41, 5.74) is 2.37. The van der Waals surface area contributed by atoms with Gasteiger partial charge in [0.15, 0.2) is 5.82 Å². The van der Waals surface area contributed by atoms with Crippen LogP contribution in [-0.2, 0) is 4.74 Å². The lowest BCUT2D eigenvalue weighted by Gasteiger charge is -2.27. The molecular formula is C19H18F2N8O2S. The van der Waals surface area contributed by atoms with Crippen molar-refractivity contribution < 1.29 is 18.3 Å². The lowest BCUT2D eigenvalue weighted by atomic mass is 10.3. The van der Waals surface area contributed by atoms with Gasteiger partial charge in [0.25, 0.3) is 6.43 Å². The first-order valence-electron chi connectivity index (χ1n) is 9.72. The molecule has 0 spiro atoms. The zero-order valence-corrected chi connectivity index (χ0v) is 17.7. The van der Waals surface area contributed by atoms with Gasteiger partial charge in [-0.25, -0.2) is 13.8 Å². The minimum atomic E-state index is -2.85. The molecule has 1 saturated heterocycles. The number of imidazole rings is 1. The molecule has 0 bridgehead atoms. The number of para-hydroxylation sites is 1. The predicted octanol–water partition coefficient (Wildman–Crippen LogP) is 3.19. The maximum Gasteiger partial charge on any atom is 0.296 e. The Kier molecular flexibility index (Phi) is 5.49. The number of fused-ring (bicyclic) bond motifs is 1. The molecule has 4 heterocycles. The zero-order valence-electron chi connectivity index (χ0n) is 16.9. The van der Waals surface area contributed by atoms with Crippen LogP contribution in [0.25, 0.3) is 17.0 Å². The summed E-state index contributed by atoms with van der Waals surface area (Å²) in [6, 6.07) is 5.04. The van der Waals surface area contributed by atoms with Crippen LogP contribution in [-0.4, -0.2) is 62.9 Å². The van der Waals surface area contributed by atoms with Crippen molar-refractivity contribution >= 4 is 39.3 Å². The first-order valence-corrected chi connectivity index (χ1v) is 10.6. The van der Waals surface area contributed by atoms with Crippen molar-refractivity contribution in [1.29, 1.82) is 0 Å². The van der Waals surface area contributed by atoms with Crippen LogP contribution in [0, 0.1) is 0 Å². The fraction of sp³-hybridized carbons (Fsp3) is 0.316. The lowest BCUT2D eigenvalue weighted by Crippen LogP contribution is -2.37. The Morgan fingerprint density at radius 1 is 1.12 bits per heavy atom. The zero-order chi connectivity index (χ0) is 22.1. The van der Waals surface area contributed by atoms with E-state index in [-0.39, 0.29) is 11.9 Å². The van der Waals surface area contributed by atoms with Gasteiger partial charge in [0, 0.05) is 13.1 Å². The quantitative estimate of drug-likeness (QED) is 0.465. The number of thiazole rings is 1. The van der Waals surface area contributed by atoms with Crippen molar-refractivity contribution in [3.63, 3.8) is 0 Å². The van der Waals surface area contributed by atoms with E-state index in [2.05, 4.69) is 30.2 Å². The van der Waals surface area contributed by atoms with Crippen molar-refractivity contribution in [2.75, 3.05) is 43.6 Å². The summed E-state index contributed by atoms with van der Waals surface area (Å²) >= 11 is 1.37. The molecule has 0 atom stereocenters. The van der Waals surface area contributed by atoms with Gasteiger partial charge in [-0.3, -0.25) is 9.55 Å². The van der Waals surface area contributed by atoms with E-state index in [0.717, 1.165) is 0 Å². The van der Waals surface area contributed by atoms with E-state index in [4.69, 9.17) is 9.47 Å². The smallest absolute Gasteiger partial charge is 0.296 e. The van der Waals surface area contributed by atoms with E-state index in [1.807, 2.05) is 4.90 Å². The van der Waals surface area contributed by atoms with Crippen molar-refractivity contribution in [2.24, 2.45) is 0 Å². The van der Waals surface area contributed by atoms with E-state index in [9.17, 15) is 8.78 Å². The molecule has 0 radical (unpaired) electrons. The second-order valence-corrected chi connectivity index (χ2v) is 7.67. The molecule has 1 fully saturated rings. The lowest BCUT2D eigenvalue weighted by molar-refractivity contribution is 0.122. The second-order valence-electron chi connectivity index (χ2n) is 6.78. The number of aromatic nitrogens is 6. The van der Waals surface area contributed by atoms with Crippen LogP contribution in [0.1, 0.15) is 12.2 Å². The van der Waals surface area contributed by atoms with Crippen LogP contribution in [0.4, 0.5) is 25.7 Å². The van der Waals surface area contributed by atoms with Crippen LogP contribution in [0.2, 0.25) is 0 Å². The Labute approximate surface area is 184 Å². The van der Waals surface area contributed by atoms with Crippen molar-refractivity contribution in [1.82, 2.24) is 29.5 Å². The third-order valence-electron chi connectivity index (χ3n) is 4.86. The molecule has 0 saturated carbocycles. The normalized spacial score (nSPS) is 14.3. The van der Waals surface area contributed by atoms with Crippen LogP contribution >= 0.6 is 11.3 Å². The molecule has 1 aromatic carbocycles. The maximum absolute atomic E-state index is 14.0. The molecule has 4 aromatic rings. The average molecular weight is 460 g/mol. The van der Waals surface area contributed by atoms with E-state index in [1.165, 1.54) is 23.0 Å². The van der Waals surface area contributed by atoms with Crippen LogP contribution in [0.3, 0.4) is 0 Å². The first kappa shape index (κ1) is 20.5. The van der Waals surface area contributed by atoms with Crippen molar-refractivity contribution in [3.8, 4) is 11.7 Å². The number of hydrogen-bond acceptors (Lipinski definition) is 10. The molecule has 1 aliphatic heterocycles. The molecule has 10 nitrogen and oxygen atoms in total. The topological polar surface area (TPSA) is 103 Å². The van der Waals surface area contributed by atoms with Gasteiger partial charge in [0.2, 0.25) is 17.8 Å². The highest BCUT2D eigenvalue weighted by molar-refractivity contribution is 7.13. The highest BCUT2D eigenvalue weighted by Crippen LogP contribution is 2.32. The third kappa shape index (κ3) is 3.80. The minimum Gasteiger partial charge on any atom is -0.494 e. The second kappa shape index (κ2) is 8.59. The number of rotatable bonds is 6. The van der Waals surface area contributed by atoms with Crippen molar-refractivity contribution in [3.05, 3.63) is 35.7 Å². The van der Waals surface area contributed by atoms with E-state index in [1.54, 1.807) is 29.9 Å². The molecule has 1 aliphatic rings. The molecule has 5 rings (SSSR count). The molecule has 13 heteroatoms.